The fourth-order valence-corrected chi connectivity index (χ4v) is 4.68. The van der Waals surface area contributed by atoms with Gasteiger partial charge in [0.05, 0.1) is 29.9 Å². The molecule has 1 unspecified atom stereocenters. The van der Waals surface area contributed by atoms with E-state index in [9.17, 15) is 4.79 Å². The summed E-state index contributed by atoms with van der Waals surface area (Å²) in [4.78, 5) is 24.8. The Bertz CT molecular complexity index is 1290. The first-order valence-corrected chi connectivity index (χ1v) is 11.7. The molecule has 34 heavy (non-hydrogen) atoms. The highest BCUT2D eigenvalue weighted by Crippen LogP contribution is 2.28. The topological polar surface area (TPSA) is 67.3 Å². The van der Waals surface area contributed by atoms with Crippen LogP contribution in [0.4, 0.5) is 0 Å². The SMILES string of the molecule is COc1cccc(C(CNC(=O)c2cc(-c3ccncc3)nc3ccccc23)N2CCCC2)c1. The lowest BCUT2D eigenvalue weighted by Gasteiger charge is -2.28. The lowest BCUT2D eigenvalue weighted by molar-refractivity contribution is 0.0939. The van der Waals surface area contributed by atoms with Gasteiger partial charge >= 0.3 is 0 Å². The lowest BCUT2D eigenvalue weighted by Crippen LogP contribution is -2.37. The fraction of sp³-hybridized carbons (Fsp3) is 0.250. The highest BCUT2D eigenvalue weighted by atomic mass is 16.5. The fourth-order valence-electron chi connectivity index (χ4n) is 4.68. The summed E-state index contributed by atoms with van der Waals surface area (Å²) in [5, 5.41) is 4.07. The van der Waals surface area contributed by atoms with Crippen LogP contribution in [0.25, 0.3) is 22.2 Å². The van der Waals surface area contributed by atoms with Crippen molar-refractivity contribution >= 4 is 16.8 Å². The Kier molecular flexibility index (Phi) is 6.49. The quantitative estimate of drug-likeness (QED) is 0.433. The van der Waals surface area contributed by atoms with Gasteiger partial charge in [0, 0.05) is 29.9 Å². The number of carbonyl (C=O) groups excluding carboxylic acids is 1. The summed E-state index contributed by atoms with van der Waals surface area (Å²) < 4.78 is 5.45. The van der Waals surface area contributed by atoms with E-state index in [0.717, 1.165) is 46.6 Å². The predicted molar refractivity (Wildman–Crippen MR) is 134 cm³/mol. The average molecular weight is 453 g/mol. The first kappa shape index (κ1) is 22.0. The maximum Gasteiger partial charge on any atom is 0.252 e. The molecule has 1 aliphatic heterocycles. The number of benzene rings is 2. The first-order valence-electron chi connectivity index (χ1n) is 11.7. The second kappa shape index (κ2) is 10.0. The predicted octanol–water partition coefficient (Wildman–Crippen LogP) is 4.87. The van der Waals surface area contributed by atoms with Crippen LogP contribution in [-0.2, 0) is 0 Å². The molecule has 0 aliphatic carbocycles. The number of nitrogens with zero attached hydrogens (tertiary/aromatic N) is 3. The van der Waals surface area contributed by atoms with Crippen molar-refractivity contribution in [2.45, 2.75) is 18.9 Å². The van der Waals surface area contributed by atoms with Crippen LogP contribution < -0.4 is 10.1 Å². The third-order valence-electron chi connectivity index (χ3n) is 6.45. The van der Waals surface area contributed by atoms with Crippen molar-refractivity contribution in [2.75, 3.05) is 26.7 Å². The number of fused-ring (bicyclic) bond motifs is 1. The number of likely N-dealkylation sites (tertiary alicyclic amines) is 1. The Balaban J connectivity index is 1.45. The van der Waals surface area contributed by atoms with Crippen LogP contribution in [0.2, 0.25) is 0 Å². The van der Waals surface area contributed by atoms with Crippen LogP contribution in [0.3, 0.4) is 0 Å². The Hall–Kier alpha value is -3.77. The molecular formula is C28H28N4O2. The van der Waals surface area contributed by atoms with Crippen LogP contribution in [-0.4, -0.2) is 47.5 Å². The minimum absolute atomic E-state index is 0.0920. The number of nitrogens with one attached hydrogen (secondary N) is 1. The highest BCUT2D eigenvalue weighted by molar-refractivity contribution is 6.07. The van der Waals surface area contributed by atoms with Gasteiger partial charge in [-0.05, 0) is 67.9 Å². The molecule has 5 rings (SSSR count). The molecule has 3 heterocycles. The van der Waals surface area contributed by atoms with Gasteiger partial charge < -0.3 is 10.1 Å². The van der Waals surface area contributed by atoms with E-state index in [1.165, 1.54) is 12.8 Å². The highest BCUT2D eigenvalue weighted by Gasteiger charge is 2.25. The summed E-state index contributed by atoms with van der Waals surface area (Å²) in [7, 11) is 1.68. The molecule has 0 bridgehead atoms. The van der Waals surface area contributed by atoms with Gasteiger partial charge in [0.25, 0.3) is 5.91 Å². The van der Waals surface area contributed by atoms with Crippen molar-refractivity contribution in [3.63, 3.8) is 0 Å². The average Bonchev–Trinajstić information content (AvgIpc) is 3.43. The van der Waals surface area contributed by atoms with Crippen molar-refractivity contribution in [2.24, 2.45) is 0 Å². The van der Waals surface area contributed by atoms with E-state index in [1.54, 1.807) is 19.5 Å². The number of pyridine rings is 2. The zero-order valence-electron chi connectivity index (χ0n) is 19.3. The Morgan fingerprint density at radius 1 is 1.03 bits per heavy atom. The molecular weight excluding hydrogens is 424 g/mol. The number of hydrogen-bond acceptors (Lipinski definition) is 5. The van der Waals surface area contributed by atoms with Gasteiger partial charge in [-0.15, -0.1) is 0 Å². The minimum Gasteiger partial charge on any atom is -0.497 e. The molecule has 2 aromatic heterocycles. The molecule has 1 aliphatic rings. The van der Waals surface area contributed by atoms with Crippen molar-refractivity contribution in [1.29, 1.82) is 0 Å². The standard InChI is InChI=1S/C28H28N4O2/c1-34-22-8-6-7-21(17-22)27(32-15-4-5-16-32)19-30-28(33)24-18-26(20-11-13-29-14-12-20)31-25-10-3-2-9-23(24)25/h2-3,6-14,17-18,27H,4-5,15-16,19H2,1H3,(H,30,33). The number of rotatable bonds is 7. The second-order valence-corrected chi connectivity index (χ2v) is 8.55. The first-order chi connectivity index (χ1) is 16.7. The monoisotopic (exact) mass is 452 g/mol. The van der Waals surface area contributed by atoms with Crippen LogP contribution in [0.1, 0.15) is 34.8 Å². The maximum atomic E-state index is 13.5. The molecule has 0 radical (unpaired) electrons. The summed E-state index contributed by atoms with van der Waals surface area (Å²) in [5.74, 6) is 0.733. The zero-order valence-corrected chi connectivity index (χ0v) is 19.3. The smallest absolute Gasteiger partial charge is 0.252 e. The largest absolute Gasteiger partial charge is 0.497 e. The van der Waals surface area contributed by atoms with Crippen molar-refractivity contribution in [3.8, 4) is 17.0 Å². The van der Waals surface area contributed by atoms with Gasteiger partial charge in [0.2, 0.25) is 0 Å². The number of hydrogen-bond donors (Lipinski definition) is 1. The molecule has 4 aromatic rings. The van der Waals surface area contributed by atoms with E-state index < -0.39 is 0 Å². The Labute approximate surface area is 199 Å². The van der Waals surface area contributed by atoms with E-state index in [-0.39, 0.29) is 11.9 Å². The number of ether oxygens (including phenoxy) is 1. The minimum atomic E-state index is -0.0963. The van der Waals surface area contributed by atoms with Gasteiger partial charge in [-0.3, -0.25) is 14.7 Å². The lowest BCUT2D eigenvalue weighted by atomic mass is 10.0. The number of aromatic nitrogens is 2. The van der Waals surface area contributed by atoms with Gasteiger partial charge in [-0.2, -0.15) is 0 Å². The molecule has 0 spiro atoms. The molecule has 0 saturated carbocycles. The summed E-state index contributed by atoms with van der Waals surface area (Å²) in [6.07, 6.45) is 5.83. The van der Waals surface area contributed by atoms with Gasteiger partial charge in [-0.1, -0.05) is 30.3 Å². The third kappa shape index (κ3) is 4.63. The number of methoxy groups -OCH3 is 1. The van der Waals surface area contributed by atoms with Gasteiger partial charge in [0.15, 0.2) is 0 Å². The Morgan fingerprint density at radius 2 is 1.82 bits per heavy atom. The van der Waals surface area contributed by atoms with Crippen LogP contribution in [0.15, 0.2) is 79.1 Å². The number of amides is 1. The van der Waals surface area contributed by atoms with E-state index in [2.05, 4.69) is 27.3 Å². The van der Waals surface area contributed by atoms with Gasteiger partial charge in [0.1, 0.15) is 5.75 Å². The zero-order chi connectivity index (χ0) is 23.3. The summed E-state index contributed by atoms with van der Waals surface area (Å²) in [6.45, 7) is 2.58. The van der Waals surface area contributed by atoms with Crippen molar-refractivity contribution < 1.29 is 9.53 Å². The summed E-state index contributed by atoms with van der Waals surface area (Å²) in [5.41, 5.74) is 4.27. The Morgan fingerprint density at radius 3 is 2.62 bits per heavy atom. The van der Waals surface area contributed by atoms with Gasteiger partial charge in [-0.25, -0.2) is 4.98 Å². The molecule has 1 amide bonds. The van der Waals surface area contributed by atoms with Crippen LogP contribution >= 0.6 is 0 Å². The summed E-state index contributed by atoms with van der Waals surface area (Å²) >= 11 is 0. The second-order valence-electron chi connectivity index (χ2n) is 8.55. The number of para-hydroxylation sites is 1. The summed E-state index contributed by atoms with van der Waals surface area (Å²) in [6, 6.07) is 21.7. The van der Waals surface area contributed by atoms with E-state index in [0.29, 0.717) is 12.1 Å². The van der Waals surface area contributed by atoms with E-state index in [4.69, 9.17) is 9.72 Å². The normalized spacial score (nSPS) is 14.7. The third-order valence-corrected chi connectivity index (χ3v) is 6.45. The molecule has 1 atom stereocenters. The molecule has 6 heteroatoms. The van der Waals surface area contributed by atoms with Crippen LogP contribution in [0, 0.1) is 0 Å². The van der Waals surface area contributed by atoms with Crippen LogP contribution in [0.5, 0.6) is 5.75 Å². The van der Waals surface area contributed by atoms with Crippen molar-refractivity contribution in [3.05, 3.63) is 90.3 Å². The maximum absolute atomic E-state index is 13.5. The molecule has 6 nitrogen and oxygen atoms in total. The molecule has 2 aromatic carbocycles. The number of carbonyl (C=O) groups is 1. The van der Waals surface area contributed by atoms with Crippen molar-refractivity contribution in [1.82, 2.24) is 20.2 Å². The molecule has 1 N–H and O–H groups in total. The molecule has 172 valence electrons. The van der Waals surface area contributed by atoms with E-state index in [1.807, 2.05) is 54.6 Å². The van der Waals surface area contributed by atoms with E-state index >= 15 is 0 Å². The molecule has 1 saturated heterocycles. The molecule has 1 fully saturated rings.